The van der Waals surface area contributed by atoms with E-state index in [0.29, 0.717) is 31.0 Å². The van der Waals surface area contributed by atoms with Crippen LogP contribution in [-0.2, 0) is 11.2 Å². The minimum Gasteiger partial charge on any atom is -0.403 e. The summed E-state index contributed by atoms with van der Waals surface area (Å²) in [4.78, 5) is 11.4. The van der Waals surface area contributed by atoms with Gasteiger partial charge >= 0.3 is 6.01 Å². The molecule has 3 heterocycles. The van der Waals surface area contributed by atoms with Gasteiger partial charge in [0.25, 0.3) is 0 Å². The lowest BCUT2D eigenvalue weighted by molar-refractivity contribution is 0.120. The van der Waals surface area contributed by atoms with Crippen molar-refractivity contribution < 1.29 is 9.15 Å². The van der Waals surface area contributed by atoms with E-state index >= 15 is 0 Å². The Bertz CT molecular complexity index is 1100. The van der Waals surface area contributed by atoms with Crippen molar-refractivity contribution in [3.63, 3.8) is 0 Å². The molecule has 6 rings (SSSR count). The third-order valence-electron chi connectivity index (χ3n) is 5.79. The zero-order chi connectivity index (χ0) is 19.2. The Morgan fingerprint density at radius 3 is 2.79 bits per heavy atom. The molecule has 146 valence electrons. The summed E-state index contributed by atoms with van der Waals surface area (Å²) in [5.74, 6) is 1.13. The molecule has 1 aliphatic heterocycles. The Hall–Kier alpha value is -3.06. The standard InChI is InChI=1S/C22H21N5O2/c1-4-16(21-25-26-22(29-21)27-7-9-28-10-8-27)11-18-14(1)5-6-17(18)20-13-23-12-19(24-20)15-2-3-15/h1,4,6,11-13,15H,2-3,5,7-10H2. The quantitative estimate of drug-likeness (QED) is 0.680. The van der Waals surface area contributed by atoms with E-state index in [4.69, 9.17) is 14.1 Å². The summed E-state index contributed by atoms with van der Waals surface area (Å²) in [6.45, 7) is 2.92. The molecule has 3 aliphatic rings. The molecule has 29 heavy (non-hydrogen) atoms. The lowest BCUT2D eigenvalue weighted by Crippen LogP contribution is -2.36. The van der Waals surface area contributed by atoms with Crippen LogP contribution < -0.4 is 4.90 Å². The average Bonchev–Trinajstić information content (AvgIpc) is 3.36. The van der Waals surface area contributed by atoms with E-state index in [1.165, 1.54) is 24.0 Å². The fourth-order valence-electron chi connectivity index (χ4n) is 4.00. The van der Waals surface area contributed by atoms with Gasteiger partial charge in [0.1, 0.15) is 0 Å². The SMILES string of the molecule is C1=C(c2cncc(C3CC3)n2)c2cc(-c3nnc(N4CCOCC4)o3)ccc2C1. The number of ether oxygens (including phenoxy) is 1. The summed E-state index contributed by atoms with van der Waals surface area (Å²) in [6.07, 6.45) is 9.36. The van der Waals surface area contributed by atoms with Crippen LogP contribution in [0.5, 0.6) is 0 Å². The molecule has 0 atom stereocenters. The van der Waals surface area contributed by atoms with Crippen LogP contribution in [0.25, 0.3) is 17.0 Å². The number of anilines is 1. The number of aromatic nitrogens is 4. The Morgan fingerprint density at radius 2 is 1.93 bits per heavy atom. The highest BCUT2D eigenvalue weighted by Crippen LogP contribution is 2.40. The average molecular weight is 387 g/mol. The van der Waals surface area contributed by atoms with Crippen molar-refractivity contribution in [2.75, 3.05) is 31.2 Å². The van der Waals surface area contributed by atoms with E-state index in [9.17, 15) is 0 Å². The van der Waals surface area contributed by atoms with Gasteiger partial charge in [-0.2, -0.15) is 0 Å². The van der Waals surface area contributed by atoms with Gasteiger partial charge in [0.15, 0.2) is 0 Å². The number of hydrogen-bond acceptors (Lipinski definition) is 7. The van der Waals surface area contributed by atoms with Gasteiger partial charge in [-0.1, -0.05) is 17.2 Å². The van der Waals surface area contributed by atoms with Crippen molar-refractivity contribution >= 4 is 11.6 Å². The Balaban J connectivity index is 1.31. The third-order valence-corrected chi connectivity index (χ3v) is 5.79. The van der Waals surface area contributed by atoms with E-state index in [0.717, 1.165) is 42.0 Å². The van der Waals surface area contributed by atoms with Crippen molar-refractivity contribution in [2.24, 2.45) is 0 Å². The smallest absolute Gasteiger partial charge is 0.318 e. The molecule has 1 saturated heterocycles. The number of allylic oxidation sites excluding steroid dienone is 1. The van der Waals surface area contributed by atoms with Gasteiger partial charge in [-0.05, 0) is 42.5 Å². The highest BCUT2D eigenvalue weighted by atomic mass is 16.5. The van der Waals surface area contributed by atoms with Crippen molar-refractivity contribution in [2.45, 2.75) is 25.2 Å². The predicted molar refractivity (Wildman–Crippen MR) is 108 cm³/mol. The predicted octanol–water partition coefficient (Wildman–Crippen LogP) is 3.23. The van der Waals surface area contributed by atoms with Crippen LogP contribution in [0.2, 0.25) is 0 Å². The van der Waals surface area contributed by atoms with Gasteiger partial charge in [-0.15, -0.1) is 5.10 Å². The van der Waals surface area contributed by atoms with Crippen LogP contribution in [0.1, 0.15) is 41.3 Å². The molecule has 0 unspecified atom stereocenters. The molecule has 2 fully saturated rings. The zero-order valence-electron chi connectivity index (χ0n) is 16.0. The van der Waals surface area contributed by atoms with Gasteiger partial charge in [-0.3, -0.25) is 4.98 Å². The van der Waals surface area contributed by atoms with Crippen molar-refractivity contribution in [1.29, 1.82) is 0 Å². The fourth-order valence-corrected chi connectivity index (χ4v) is 4.00. The number of morpholine rings is 1. The molecule has 0 amide bonds. The largest absolute Gasteiger partial charge is 0.403 e. The van der Waals surface area contributed by atoms with Crippen molar-refractivity contribution in [3.05, 3.63) is 59.2 Å². The molecular formula is C22H21N5O2. The number of nitrogens with zero attached hydrogens (tertiary/aromatic N) is 5. The topological polar surface area (TPSA) is 77.2 Å². The Morgan fingerprint density at radius 1 is 1.03 bits per heavy atom. The van der Waals surface area contributed by atoms with E-state index in [1.54, 1.807) is 0 Å². The summed E-state index contributed by atoms with van der Waals surface area (Å²) in [7, 11) is 0. The van der Waals surface area contributed by atoms with Crippen LogP contribution in [-0.4, -0.2) is 46.5 Å². The summed E-state index contributed by atoms with van der Waals surface area (Å²) >= 11 is 0. The Kier molecular flexibility index (Phi) is 3.94. The van der Waals surface area contributed by atoms with E-state index < -0.39 is 0 Å². The van der Waals surface area contributed by atoms with Gasteiger partial charge in [0, 0.05) is 36.3 Å². The molecule has 2 aromatic heterocycles. The Labute approximate surface area is 168 Å². The molecule has 0 radical (unpaired) electrons. The molecule has 0 N–H and O–H groups in total. The summed E-state index contributed by atoms with van der Waals surface area (Å²) in [5.41, 5.74) is 6.59. The normalized spacial score (nSPS) is 18.6. The summed E-state index contributed by atoms with van der Waals surface area (Å²) in [5, 5.41) is 8.53. The molecule has 0 bridgehead atoms. The maximum Gasteiger partial charge on any atom is 0.318 e. The monoisotopic (exact) mass is 387 g/mol. The molecular weight excluding hydrogens is 366 g/mol. The van der Waals surface area contributed by atoms with E-state index in [-0.39, 0.29) is 0 Å². The van der Waals surface area contributed by atoms with Gasteiger partial charge < -0.3 is 14.1 Å². The van der Waals surface area contributed by atoms with Crippen LogP contribution >= 0.6 is 0 Å². The van der Waals surface area contributed by atoms with Crippen LogP contribution in [0, 0.1) is 0 Å². The van der Waals surface area contributed by atoms with E-state index in [2.05, 4.69) is 44.4 Å². The fraction of sp³-hybridized carbons (Fsp3) is 0.364. The molecule has 1 aromatic carbocycles. The van der Waals surface area contributed by atoms with Gasteiger partial charge in [-0.25, -0.2) is 4.98 Å². The van der Waals surface area contributed by atoms with E-state index in [1.807, 2.05) is 12.4 Å². The van der Waals surface area contributed by atoms with Crippen molar-refractivity contribution in [1.82, 2.24) is 20.2 Å². The molecule has 2 aliphatic carbocycles. The third kappa shape index (κ3) is 3.11. The lowest BCUT2D eigenvalue weighted by Gasteiger charge is -2.24. The first-order chi connectivity index (χ1) is 14.3. The molecule has 1 saturated carbocycles. The second-order valence-corrected chi connectivity index (χ2v) is 7.79. The summed E-state index contributed by atoms with van der Waals surface area (Å²) in [6, 6.07) is 6.89. The summed E-state index contributed by atoms with van der Waals surface area (Å²) < 4.78 is 11.4. The minimum atomic E-state index is 0.540. The van der Waals surface area contributed by atoms with Crippen LogP contribution in [0.4, 0.5) is 6.01 Å². The molecule has 7 nitrogen and oxygen atoms in total. The first-order valence-corrected chi connectivity index (χ1v) is 10.2. The maximum absolute atomic E-state index is 5.97. The molecule has 7 heteroatoms. The van der Waals surface area contributed by atoms with Crippen LogP contribution in [0.3, 0.4) is 0 Å². The number of hydrogen-bond donors (Lipinski definition) is 0. The minimum absolute atomic E-state index is 0.540. The first kappa shape index (κ1) is 16.9. The number of rotatable bonds is 4. The molecule has 0 spiro atoms. The molecule has 3 aromatic rings. The number of benzene rings is 1. The highest BCUT2D eigenvalue weighted by molar-refractivity contribution is 5.84. The van der Waals surface area contributed by atoms with Crippen molar-refractivity contribution in [3.8, 4) is 11.5 Å². The second-order valence-electron chi connectivity index (χ2n) is 7.79. The number of fused-ring (bicyclic) bond motifs is 1. The van der Waals surface area contributed by atoms with Gasteiger partial charge in [0.2, 0.25) is 5.89 Å². The lowest BCUT2D eigenvalue weighted by atomic mass is 10.0. The second kappa shape index (κ2) is 6.77. The highest BCUT2D eigenvalue weighted by Gasteiger charge is 2.27. The first-order valence-electron chi connectivity index (χ1n) is 10.2. The van der Waals surface area contributed by atoms with Crippen LogP contribution in [0.15, 0.2) is 41.1 Å². The maximum atomic E-state index is 5.97. The van der Waals surface area contributed by atoms with Gasteiger partial charge in [0.05, 0.1) is 30.8 Å². The zero-order valence-corrected chi connectivity index (χ0v) is 16.0.